The molecule has 3 aromatic rings. The van der Waals surface area contributed by atoms with E-state index in [1.54, 1.807) is 20.4 Å². The molecular weight excluding hydrogens is 354 g/mol. The van der Waals surface area contributed by atoms with Crippen LogP contribution in [-0.2, 0) is 13.0 Å². The molecule has 0 atom stereocenters. The summed E-state index contributed by atoms with van der Waals surface area (Å²) in [6, 6.07) is 12.1. The van der Waals surface area contributed by atoms with Crippen LogP contribution in [0.1, 0.15) is 16.7 Å². The van der Waals surface area contributed by atoms with Crippen molar-refractivity contribution in [3.05, 3.63) is 59.3 Å². The highest BCUT2D eigenvalue weighted by atomic mass is 16.5. The minimum Gasteiger partial charge on any atom is -0.493 e. The maximum absolute atomic E-state index is 5.45. The van der Waals surface area contributed by atoms with Gasteiger partial charge >= 0.3 is 0 Å². The van der Waals surface area contributed by atoms with Crippen LogP contribution >= 0.6 is 0 Å². The highest BCUT2D eigenvalue weighted by molar-refractivity contribution is 5.59. The molecule has 1 aromatic heterocycles. The van der Waals surface area contributed by atoms with Crippen molar-refractivity contribution < 1.29 is 9.47 Å². The Morgan fingerprint density at radius 3 is 2.54 bits per heavy atom. The largest absolute Gasteiger partial charge is 0.493 e. The number of nitrogens with one attached hydrogen (secondary N) is 1. The Morgan fingerprint density at radius 2 is 1.79 bits per heavy atom. The first-order valence-electron chi connectivity index (χ1n) is 9.19. The Bertz CT molecular complexity index is 992. The molecule has 144 valence electrons. The summed E-state index contributed by atoms with van der Waals surface area (Å²) in [7, 11) is 3.32. The maximum atomic E-state index is 5.45. The molecule has 0 amide bonds. The van der Waals surface area contributed by atoms with Crippen molar-refractivity contribution in [2.75, 3.05) is 31.0 Å². The van der Waals surface area contributed by atoms with Gasteiger partial charge in [-0.3, -0.25) is 0 Å². The van der Waals surface area contributed by atoms with Crippen molar-refractivity contribution in [2.45, 2.75) is 19.9 Å². The molecule has 7 heteroatoms. The molecular formula is C21H23N5O2. The van der Waals surface area contributed by atoms with Gasteiger partial charge in [-0.15, -0.1) is 5.10 Å². The van der Waals surface area contributed by atoms with Crippen LogP contribution in [0.3, 0.4) is 0 Å². The lowest BCUT2D eigenvalue weighted by Gasteiger charge is -2.30. The second kappa shape index (κ2) is 7.72. The smallest absolute Gasteiger partial charge is 0.249 e. The molecule has 1 aliphatic heterocycles. The van der Waals surface area contributed by atoms with Gasteiger partial charge in [-0.2, -0.15) is 10.1 Å². The molecule has 2 heterocycles. The Balaban J connectivity index is 1.57. The number of aryl methyl sites for hydroxylation is 1. The van der Waals surface area contributed by atoms with Crippen LogP contribution < -0.4 is 19.7 Å². The summed E-state index contributed by atoms with van der Waals surface area (Å²) in [6.07, 6.45) is 2.61. The summed E-state index contributed by atoms with van der Waals surface area (Å²) in [5.41, 5.74) is 4.58. The van der Waals surface area contributed by atoms with E-state index in [4.69, 9.17) is 9.47 Å². The minimum absolute atomic E-state index is 0.491. The van der Waals surface area contributed by atoms with Gasteiger partial charge < -0.3 is 19.7 Å². The number of hydrogen-bond donors (Lipinski definition) is 1. The molecule has 0 saturated carbocycles. The molecule has 1 aliphatic rings. The molecule has 0 spiro atoms. The molecule has 0 radical (unpaired) electrons. The van der Waals surface area contributed by atoms with E-state index in [9.17, 15) is 0 Å². The fourth-order valence-electron chi connectivity index (χ4n) is 3.41. The molecule has 2 aromatic carbocycles. The van der Waals surface area contributed by atoms with Gasteiger partial charge in [-0.1, -0.05) is 18.2 Å². The number of benzene rings is 2. The average molecular weight is 377 g/mol. The van der Waals surface area contributed by atoms with Crippen molar-refractivity contribution >= 4 is 17.5 Å². The van der Waals surface area contributed by atoms with Crippen molar-refractivity contribution in [1.82, 2.24) is 15.2 Å². The molecule has 0 fully saturated rings. The summed E-state index contributed by atoms with van der Waals surface area (Å²) in [5.74, 6) is 2.80. The zero-order valence-electron chi connectivity index (χ0n) is 16.3. The molecule has 0 bridgehead atoms. The summed E-state index contributed by atoms with van der Waals surface area (Å²) in [6.45, 7) is 3.63. The zero-order chi connectivity index (χ0) is 19.5. The Morgan fingerprint density at radius 1 is 1.04 bits per heavy atom. The Labute approximate surface area is 164 Å². The molecule has 0 saturated heterocycles. The number of methoxy groups -OCH3 is 2. The SMILES string of the molecule is COc1cc2c(cc1OC)CN(c1cnnc(Nc3ccccc3C)n1)CC2. The molecule has 4 rings (SSSR count). The van der Waals surface area contributed by atoms with Gasteiger partial charge in [0.05, 0.1) is 20.4 Å². The number of fused-ring (bicyclic) bond motifs is 1. The first kappa shape index (κ1) is 18.0. The van der Waals surface area contributed by atoms with Crippen molar-refractivity contribution in [1.29, 1.82) is 0 Å². The molecule has 1 N–H and O–H groups in total. The van der Waals surface area contributed by atoms with Crippen LogP contribution in [0.25, 0.3) is 0 Å². The van der Waals surface area contributed by atoms with Crippen molar-refractivity contribution in [3.8, 4) is 11.5 Å². The standard InChI is InChI=1S/C21H23N5O2/c1-14-6-4-5-7-17(14)23-21-24-20(12-22-25-21)26-9-8-15-10-18(27-2)19(28-3)11-16(15)13-26/h4-7,10-12H,8-9,13H2,1-3H3,(H,23,24,25). The number of anilines is 3. The van der Waals surface area contributed by atoms with Gasteiger partial charge in [0.1, 0.15) is 0 Å². The summed E-state index contributed by atoms with van der Waals surface area (Å²) in [5, 5.41) is 11.5. The van der Waals surface area contributed by atoms with Crippen LogP contribution in [0.15, 0.2) is 42.6 Å². The lowest BCUT2D eigenvalue weighted by molar-refractivity contribution is 0.353. The van der Waals surface area contributed by atoms with E-state index in [1.165, 1.54) is 11.1 Å². The number of aromatic nitrogens is 3. The third-order valence-electron chi connectivity index (χ3n) is 4.98. The van der Waals surface area contributed by atoms with E-state index in [2.05, 4.69) is 31.5 Å². The van der Waals surface area contributed by atoms with Gasteiger partial charge in [-0.25, -0.2) is 0 Å². The van der Waals surface area contributed by atoms with Gasteiger partial charge in [-0.05, 0) is 48.2 Å². The summed E-state index contributed by atoms with van der Waals surface area (Å²) >= 11 is 0. The van der Waals surface area contributed by atoms with Gasteiger partial charge in [0.15, 0.2) is 17.3 Å². The fraction of sp³-hybridized carbons (Fsp3) is 0.286. The quantitative estimate of drug-likeness (QED) is 0.729. The molecule has 7 nitrogen and oxygen atoms in total. The Hall–Kier alpha value is -3.35. The van der Waals surface area contributed by atoms with Gasteiger partial charge in [0.2, 0.25) is 5.95 Å². The third-order valence-corrected chi connectivity index (χ3v) is 4.98. The van der Waals surface area contributed by atoms with E-state index >= 15 is 0 Å². The van der Waals surface area contributed by atoms with Gasteiger partial charge in [0.25, 0.3) is 0 Å². The first-order chi connectivity index (χ1) is 13.7. The van der Waals surface area contributed by atoms with Crippen LogP contribution in [0.5, 0.6) is 11.5 Å². The highest BCUT2D eigenvalue weighted by Crippen LogP contribution is 2.34. The normalized spacial score (nSPS) is 13.0. The number of ether oxygens (including phenoxy) is 2. The van der Waals surface area contributed by atoms with Crippen LogP contribution in [0.4, 0.5) is 17.5 Å². The van der Waals surface area contributed by atoms with E-state index in [0.717, 1.165) is 48.1 Å². The van der Waals surface area contributed by atoms with E-state index in [-0.39, 0.29) is 0 Å². The van der Waals surface area contributed by atoms with Gasteiger partial charge in [0, 0.05) is 18.8 Å². The number of para-hydroxylation sites is 1. The first-order valence-corrected chi connectivity index (χ1v) is 9.19. The highest BCUT2D eigenvalue weighted by Gasteiger charge is 2.21. The lowest BCUT2D eigenvalue weighted by Crippen LogP contribution is -2.31. The predicted molar refractivity (Wildman–Crippen MR) is 109 cm³/mol. The Kier molecular flexibility index (Phi) is 4.97. The van der Waals surface area contributed by atoms with E-state index in [1.807, 2.05) is 37.3 Å². The number of nitrogens with zero attached hydrogens (tertiary/aromatic N) is 4. The third kappa shape index (κ3) is 3.55. The zero-order valence-corrected chi connectivity index (χ0v) is 16.3. The van der Waals surface area contributed by atoms with Crippen LogP contribution in [0.2, 0.25) is 0 Å². The fourth-order valence-corrected chi connectivity index (χ4v) is 3.41. The molecule has 28 heavy (non-hydrogen) atoms. The number of rotatable bonds is 5. The molecule has 0 aliphatic carbocycles. The number of hydrogen-bond acceptors (Lipinski definition) is 7. The summed E-state index contributed by atoms with van der Waals surface area (Å²) in [4.78, 5) is 6.87. The predicted octanol–water partition coefficient (Wildman–Crippen LogP) is 3.50. The second-order valence-electron chi connectivity index (χ2n) is 6.73. The topological polar surface area (TPSA) is 72.4 Å². The second-order valence-corrected chi connectivity index (χ2v) is 6.73. The average Bonchev–Trinajstić information content (AvgIpc) is 2.74. The van der Waals surface area contributed by atoms with Crippen LogP contribution in [-0.4, -0.2) is 35.9 Å². The maximum Gasteiger partial charge on any atom is 0.249 e. The minimum atomic E-state index is 0.491. The van der Waals surface area contributed by atoms with Crippen molar-refractivity contribution in [2.24, 2.45) is 0 Å². The molecule has 0 unspecified atom stereocenters. The lowest BCUT2D eigenvalue weighted by atomic mass is 9.99. The van der Waals surface area contributed by atoms with Crippen molar-refractivity contribution in [3.63, 3.8) is 0 Å². The summed E-state index contributed by atoms with van der Waals surface area (Å²) < 4.78 is 10.9. The van der Waals surface area contributed by atoms with E-state index < -0.39 is 0 Å². The monoisotopic (exact) mass is 377 g/mol. The van der Waals surface area contributed by atoms with Crippen LogP contribution in [0, 0.1) is 6.92 Å². The van der Waals surface area contributed by atoms with E-state index in [0.29, 0.717) is 5.95 Å².